The minimum absolute atomic E-state index is 0.0900. The molecule has 1 aliphatic heterocycles. The lowest BCUT2D eigenvalue weighted by Gasteiger charge is -2.50. The molecule has 136 valence electrons. The molecule has 23 heavy (non-hydrogen) atoms. The minimum atomic E-state index is -0.247. The first-order chi connectivity index (χ1) is 10.5. The molecule has 1 aliphatic carbocycles. The van der Waals surface area contributed by atoms with Gasteiger partial charge in [0, 0.05) is 11.7 Å². The van der Waals surface area contributed by atoms with Crippen LogP contribution in [0.15, 0.2) is 0 Å². The fourth-order valence-corrected chi connectivity index (χ4v) is 4.79. The van der Waals surface area contributed by atoms with E-state index in [0.29, 0.717) is 11.8 Å². The summed E-state index contributed by atoms with van der Waals surface area (Å²) in [7, 11) is 0. The van der Waals surface area contributed by atoms with Crippen LogP contribution in [-0.2, 0) is 8.92 Å². The lowest BCUT2D eigenvalue weighted by atomic mass is 9.58. The van der Waals surface area contributed by atoms with Crippen molar-refractivity contribution in [3.05, 3.63) is 0 Å². The van der Waals surface area contributed by atoms with E-state index < -0.39 is 0 Å². The van der Waals surface area contributed by atoms with Crippen LogP contribution in [0.2, 0.25) is 0 Å². The maximum atomic E-state index is 11.0. The van der Waals surface area contributed by atoms with Crippen LogP contribution >= 0.6 is 12.0 Å². The van der Waals surface area contributed by atoms with E-state index in [0.717, 1.165) is 25.2 Å². The van der Waals surface area contributed by atoms with Crippen LogP contribution in [0.25, 0.3) is 0 Å². The van der Waals surface area contributed by atoms with E-state index in [9.17, 15) is 5.11 Å². The predicted octanol–water partition coefficient (Wildman–Crippen LogP) is 4.74. The van der Waals surface area contributed by atoms with E-state index >= 15 is 0 Å². The lowest BCUT2D eigenvalue weighted by Crippen LogP contribution is -2.50. The molecule has 0 spiro atoms. The highest BCUT2D eigenvalue weighted by Crippen LogP contribution is 2.50. The van der Waals surface area contributed by atoms with Crippen molar-refractivity contribution in [3.8, 4) is 0 Å². The van der Waals surface area contributed by atoms with E-state index in [1.807, 2.05) is 0 Å². The molecule has 1 saturated carbocycles. The Morgan fingerprint density at radius 1 is 0.957 bits per heavy atom. The first-order valence-electron chi connectivity index (χ1n) is 9.08. The van der Waals surface area contributed by atoms with Crippen molar-refractivity contribution in [3.63, 3.8) is 0 Å². The molecule has 2 rings (SSSR count). The Kier molecular flexibility index (Phi) is 6.15. The Labute approximate surface area is 147 Å². The molecule has 2 fully saturated rings. The maximum Gasteiger partial charge on any atom is 0.173 e. The quantitative estimate of drug-likeness (QED) is 0.697. The molecular formula is C19H36O3S. The summed E-state index contributed by atoms with van der Waals surface area (Å²) in [5, 5.41) is 11.0. The molecule has 3 nitrogen and oxygen atoms in total. The molecule has 0 radical (unpaired) electrons. The smallest absolute Gasteiger partial charge is 0.173 e. The normalized spacial score (nSPS) is 40.7. The summed E-state index contributed by atoms with van der Waals surface area (Å²) in [6.07, 6.45) is 1.59. The van der Waals surface area contributed by atoms with Gasteiger partial charge in [-0.15, -0.1) is 0 Å². The van der Waals surface area contributed by atoms with E-state index in [-0.39, 0.29) is 35.1 Å². The van der Waals surface area contributed by atoms with E-state index in [1.165, 1.54) is 0 Å². The molecule has 4 unspecified atom stereocenters. The summed E-state index contributed by atoms with van der Waals surface area (Å²) < 4.78 is 12.1. The maximum absolute atomic E-state index is 11.0. The predicted molar refractivity (Wildman–Crippen MR) is 97.1 cm³/mol. The van der Waals surface area contributed by atoms with Crippen molar-refractivity contribution in [2.24, 2.45) is 34.5 Å². The number of aliphatic hydroxyl groups is 1. The van der Waals surface area contributed by atoms with Crippen LogP contribution < -0.4 is 0 Å². The van der Waals surface area contributed by atoms with Gasteiger partial charge in [-0.05, 0) is 53.5 Å². The highest BCUT2D eigenvalue weighted by molar-refractivity contribution is 7.94. The summed E-state index contributed by atoms with van der Waals surface area (Å²) >= 11 is 1.56. The van der Waals surface area contributed by atoms with Gasteiger partial charge in [-0.3, -0.25) is 4.18 Å². The molecule has 0 amide bonds. The summed E-state index contributed by atoms with van der Waals surface area (Å²) in [5.74, 6) is 2.46. The molecule has 1 heterocycles. The van der Waals surface area contributed by atoms with Gasteiger partial charge in [0.1, 0.15) is 0 Å². The lowest BCUT2D eigenvalue weighted by molar-refractivity contribution is -0.160. The van der Waals surface area contributed by atoms with Gasteiger partial charge in [0.15, 0.2) is 6.29 Å². The highest BCUT2D eigenvalue weighted by atomic mass is 32.2. The molecular weight excluding hydrogens is 308 g/mol. The van der Waals surface area contributed by atoms with Crippen LogP contribution in [-0.4, -0.2) is 29.9 Å². The van der Waals surface area contributed by atoms with E-state index in [4.69, 9.17) is 8.92 Å². The zero-order chi connectivity index (χ0) is 17.4. The Hall–Kier alpha value is 0.230. The zero-order valence-corrected chi connectivity index (χ0v) is 16.8. The SMILES string of the molecule is CC1COC(C2CC(C(C)(C)C)C(O)C(C(C)(C)C)C2)OSC1. The molecule has 0 aromatic rings. The zero-order valence-electron chi connectivity index (χ0n) is 16.0. The average molecular weight is 345 g/mol. The molecule has 0 aromatic carbocycles. The van der Waals surface area contributed by atoms with Gasteiger partial charge in [0.2, 0.25) is 0 Å². The third-order valence-corrected chi connectivity index (χ3v) is 6.64. The molecule has 4 heteroatoms. The van der Waals surface area contributed by atoms with Gasteiger partial charge in [-0.1, -0.05) is 48.5 Å². The van der Waals surface area contributed by atoms with Crippen molar-refractivity contribution in [1.29, 1.82) is 0 Å². The van der Waals surface area contributed by atoms with Crippen LogP contribution in [0.5, 0.6) is 0 Å². The fraction of sp³-hybridized carbons (Fsp3) is 1.00. The molecule has 0 aromatic heterocycles. The van der Waals surface area contributed by atoms with Gasteiger partial charge in [-0.25, -0.2) is 0 Å². The van der Waals surface area contributed by atoms with Crippen molar-refractivity contribution in [2.45, 2.75) is 73.7 Å². The third kappa shape index (κ3) is 4.87. The Bertz CT molecular complexity index is 361. The summed E-state index contributed by atoms with van der Waals surface area (Å²) in [4.78, 5) is 0. The fourth-order valence-electron chi connectivity index (χ4n) is 4.03. The second kappa shape index (κ2) is 7.23. The monoisotopic (exact) mass is 344 g/mol. The van der Waals surface area contributed by atoms with Crippen LogP contribution in [0.1, 0.15) is 61.3 Å². The Morgan fingerprint density at radius 2 is 1.48 bits per heavy atom. The second-order valence-corrected chi connectivity index (χ2v) is 10.6. The van der Waals surface area contributed by atoms with E-state index in [2.05, 4.69) is 48.5 Å². The standard InChI is InChI=1S/C19H36O3S/c1-12-10-21-17(22-23-11-12)13-8-14(18(2,3)4)16(20)15(9-13)19(5,6)7/h12-17,20H,8-11H2,1-7H3. The first kappa shape index (κ1) is 19.6. The topological polar surface area (TPSA) is 38.7 Å². The number of hydrogen-bond acceptors (Lipinski definition) is 4. The van der Waals surface area contributed by atoms with Gasteiger partial charge in [0.25, 0.3) is 0 Å². The highest BCUT2D eigenvalue weighted by Gasteiger charge is 2.48. The van der Waals surface area contributed by atoms with Gasteiger partial charge in [0.05, 0.1) is 12.7 Å². The number of rotatable bonds is 1. The molecule has 4 atom stereocenters. The molecule has 1 saturated heterocycles. The van der Waals surface area contributed by atoms with Gasteiger partial charge in [-0.2, -0.15) is 0 Å². The summed E-state index contributed by atoms with van der Waals surface area (Å²) in [6, 6.07) is 0. The molecule has 1 N–H and O–H groups in total. The van der Waals surface area contributed by atoms with Crippen molar-refractivity contribution in [2.75, 3.05) is 12.4 Å². The number of aliphatic hydroxyl groups excluding tert-OH is 1. The largest absolute Gasteiger partial charge is 0.393 e. The van der Waals surface area contributed by atoms with Gasteiger partial charge < -0.3 is 9.84 Å². The summed E-state index contributed by atoms with van der Waals surface area (Å²) in [6.45, 7) is 16.5. The molecule has 0 bridgehead atoms. The van der Waals surface area contributed by atoms with Crippen molar-refractivity contribution in [1.82, 2.24) is 0 Å². The summed E-state index contributed by atoms with van der Waals surface area (Å²) in [5.41, 5.74) is 0.180. The van der Waals surface area contributed by atoms with Crippen molar-refractivity contribution >= 4 is 12.0 Å². The molecule has 2 aliphatic rings. The van der Waals surface area contributed by atoms with Crippen molar-refractivity contribution < 1.29 is 14.0 Å². The van der Waals surface area contributed by atoms with Gasteiger partial charge >= 0.3 is 0 Å². The Balaban J connectivity index is 2.19. The van der Waals surface area contributed by atoms with Crippen LogP contribution in [0, 0.1) is 34.5 Å². The minimum Gasteiger partial charge on any atom is -0.393 e. The number of hydrogen-bond donors (Lipinski definition) is 1. The Morgan fingerprint density at radius 3 is 1.96 bits per heavy atom. The second-order valence-electron chi connectivity index (χ2n) is 9.85. The van der Waals surface area contributed by atoms with Crippen LogP contribution in [0.3, 0.4) is 0 Å². The third-order valence-electron chi connectivity index (χ3n) is 5.61. The van der Waals surface area contributed by atoms with E-state index in [1.54, 1.807) is 12.0 Å². The van der Waals surface area contributed by atoms with Crippen LogP contribution in [0.4, 0.5) is 0 Å². The number of ether oxygens (including phenoxy) is 1. The average Bonchev–Trinajstić information content (AvgIpc) is 2.61. The first-order valence-corrected chi connectivity index (χ1v) is 9.99.